The second kappa shape index (κ2) is 7.38. The fourth-order valence-corrected chi connectivity index (χ4v) is 3.12. The van der Waals surface area contributed by atoms with Crippen LogP contribution < -0.4 is 21.9 Å². The molecule has 2 aromatic carbocycles. The largest absolute Gasteiger partial charge is 0.349 e. The van der Waals surface area contributed by atoms with Crippen molar-refractivity contribution < 1.29 is 9.59 Å². The van der Waals surface area contributed by atoms with Crippen molar-refractivity contribution in [2.45, 2.75) is 32.4 Å². The van der Waals surface area contributed by atoms with Crippen LogP contribution in [0.3, 0.4) is 0 Å². The van der Waals surface area contributed by atoms with Gasteiger partial charge in [0.1, 0.15) is 0 Å². The van der Waals surface area contributed by atoms with Crippen LogP contribution in [0.15, 0.2) is 52.1 Å². The molecule has 0 unspecified atom stereocenters. The normalized spacial score (nSPS) is 13.3. The third-order valence-electron chi connectivity index (χ3n) is 4.86. The second-order valence-corrected chi connectivity index (χ2v) is 7.02. The Kier molecular flexibility index (Phi) is 4.75. The molecule has 2 amide bonds. The highest BCUT2D eigenvalue weighted by molar-refractivity contribution is 6.06. The molecule has 1 aliphatic rings. The number of nitrogens with zero attached hydrogens (tertiary/aromatic N) is 1. The number of amides is 2. The number of hydrogen-bond donors (Lipinski definition) is 3. The first-order valence-electron chi connectivity index (χ1n) is 9.45. The van der Waals surface area contributed by atoms with Crippen molar-refractivity contribution >= 4 is 28.4 Å². The Morgan fingerprint density at radius 1 is 1.07 bits per heavy atom. The van der Waals surface area contributed by atoms with Crippen LogP contribution in [-0.4, -0.2) is 27.4 Å². The number of nitrogens with one attached hydrogen (secondary N) is 3. The van der Waals surface area contributed by atoms with Crippen molar-refractivity contribution in [3.63, 3.8) is 0 Å². The molecular weight excluding hydrogens is 372 g/mol. The van der Waals surface area contributed by atoms with Crippen LogP contribution in [0.4, 0.5) is 5.69 Å². The van der Waals surface area contributed by atoms with Gasteiger partial charge < -0.3 is 15.6 Å². The van der Waals surface area contributed by atoms with Crippen molar-refractivity contribution in [3.8, 4) is 0 Å². The molecule has 0 saturated heterocycles. The van der Waals surface area contributed by atoms with Crippen LogP contribution in [0.25, 0.3) is 10.9 Å². The fraction of sp³-hybridized carbons (Fsp3) is 0.238. The molecule has 148 valence electrons. The monoisotopic (exact) mass is 392 g/mol. The Morgan fingerprint density at radius 3 is 2.55 bits per heavy atom. The van der Waals surface area contributed by atoms with E-state index in [2.05, 4.69) is 15.6 Å². The molecule has 8 nitrogen and oxygen atoms in total. The zero-order valence-electron chi connectivity index (χ0n) is 15.8. The van der Waals surface area contributed by atoms with Crippen LogP contribution in [0, 0.1) is 0 Å². The molecule has 0 spiro atoms. The van der Waals surface area contributed by atoms with Gasteiger partial charge in [-0.15, -0.1) is 0 Å². The molecule has 0 atom stereocenters. The minimum atomic E-state index is -0.517. The van der Waals surface area contributed by atoms with Gasteiger partial charge in [-0.1, -0.05) is 6.07 Å². The molecule has 4 rings (SSSR count). The lowest BCUT2D eigenvalue weighted by atomic mass is 10.1. The van der Waals surface area contributed by atoms with Gasteiger partial charge in [-0.2, -0.15) is 0 Å². The summed E-state index contributed by atoms with van der Waals surface area (Å²) >= 11 is 0. The molecule has 3 N–H and O–H groups in total. The van der Waals surface area contributed by atoms with Crippen LogP contribution in [-0.2, 0) is 6.54 Å². The van der Waals surface area contributed by atoms with Gasteiger partial charge in [0.15, 0.2) is 0 Å². The SMILES string of the molecule is CCn1c(=O)[nH]c2cc(C(=O)Nc3cccc(C(=O)NC4CC4)c3)ccc2c1=O. The maximum absolute atomic E-state index is 12.6. The van der Waals surface area contributed by atoms with E-state index in [-0.39, 0.29) is 24.1 Å². The fourth-order valence-electron chi connectivity index (χ4n) is 3.12. The standard InChI is InChI=1S/C21H20N4O4/c1-2-25-20(28)16-9-6-13(11-17(16)24-21(25)29)19(27)23-15-5-3-4-12(10-15)18(26)22-14-7-8-14/h3-6,9-11,14H,2,7-8H2,1H3,(H,22,26)(H,23,27)(H,24,29). The zero-order valence-corrected chi connectivity index (χ0v) is 15.8. The Hall–Kier alpha value is -3.68. The van der Waals surface area contributed by atoms with Crippen molar-refractivity contribution in [3.05, 3.63) is 74.4 Å². The van der Waals surface area contributed by atoms with Crippen LogP contribution in [0.1, 0.15) is 40.5 Å². The van der Waals surface area contributed by atoms with Crippen LogP contribution in [0.2, 0.25) is 0 Å². The number of hydrogen-bond acceptors (Lipinski definition) is 4. The van der Waals surface area contributed by atoms with Gasteiger partial charge >= 0.3 is 5.69 Å². The van der Waals surface area contributed by atoms with Crippen molar-refractivity contribution in [2.75, 3.05) is 5.32 Å². The van der Waals surface area contributed by atoms with E-state index in [0.717, 1.165) is 17.4 Å². The third kappa shape index (κ3) is 3.82. The van der Waals surface area contributed by atoms with Gasteiger partial charge in [-0.25, -0.2) is 4.79 Å². The maximum Gasteiger partial charge on any atom is 0.328 e. The molecule has 1 aliphatic carbocycles. The Balaban J connectivity index is 1.58. The van der Waals surface area contributed by atoms with Crippen molar-refractivity contribution in [2.24, 2.45) is 0 Å². The summed E-state index contributed by atoms with van der Waals surface area (Å²) in [7, 11) is 0. The second-order valence-electron chi connectivity index (χ2n) is 7.02. The third-order valence-corrected chi connectivity index (χ3v) is 4.86. The summed E-state index contributed by atoms with van der Waals surface area (Å²) in [5, 5.41) is 5.98. The van der Waals surface area contributed by atoms with E-state index in [1.807, 2.05) is 0 Å². The van der Waals surface area contributed by atoms with Gasteiger partial charge in [0.2, 0.25) is 0 Å². The van der Waals surface area contributed by atoms with Gasteiger partial charge in [-0.05, 0) is 56.2 Å². The number of benzene rings is 2. The molecule has 1 heterocycles. The molecule has 29 heavy (non-hydrogen) atoms. The number of anilines is 1. The lowest BCUT2D eigenvalue weighted by Crippen LogP contribution is -2.34. The topological polar surface area (TPSA) is 113 Å². The van der Waals surface area contributed by atoms with Gasteiger partial charge in [-0.3, -0.25) is 19.0 Å². The average molecular weight is 392 g/mol. The molecule has 0 bridgehead atoms. The predicted molar refractivity (Wildman–Crippen MR) is 109 cm³/mol. The Labute approximate surface area is 165 Å². The minimum Gasteiger partial charge on any atom is -0.349 e. The van der Waals surface area contributed by atoms with E-state index in [1.54, 1.807) is 31.2 Å². The maximum atomic E-state index is 12.6. The molecule has 0 radical (unpaired) electrons. The van der Waals surface area contributed by atoms with E-state index >= 15 is 0 Å². The quantitative estimate of drug-likeness (QED) is 0.615. The number of carbonyl (C=O) groups is 2. The van der Waals surface area contributed by atoms with E-state index < -0.39 is 17.2 Å². The van der Waals surface area contributed by atoms with E-state index in [0.29, 0.717) is 22.2 Å². The Morgan fingerprint density at radius 2 is 1.83 bits per heavy atom. The highest BCUT2D eigenvalue weighted by Gasteiger charge is 2.23. The smallest absolute Gasteiger partial charge is 0.328 e. The first-order chi connectivity index (χ1) is 14.0. The Bertz CT molecular complexity index is 1240. The molecule has 1 fully saturated rings. The van der Waals surface area contributed by atoms with Gasteiger partial charge in [0.25, 0.3) is 17.4 Å². The number of carbonyl (C=O) groups excluding carboxylic acids is 2. The van der Waals surface area contributed by atoms with Crippen LogP contribution in [0.5, 0.6) is 0 Å². The summed E-state index contributed by atoms with van der Waals surface area (Å²) in [6, 6.07) is 11.5. The van der Waals surface area contributed by atoms with Gasteiger partial charge in [0.05, 0.1) is 10.9 Å². The highest BCUT2D eigenvalue weighted by atomic mass is 16.2. The number of aromatic nitrogens is 2. The first kappa shape index (κ1) is 18.7. The summed E-state index contributed by atoms with van der Waals surface area (Å²) in [6.07, 6.45) is 1.99. The molecule has 0 aliphatic heterocycles. The summed E-state index contributed by atoms with van der Waals surface area (Å²) < 4.78 is 1.10. The van der Waals surface area contributed by atoms with Crippen molar-refractivity contribution in [1.29, 1.82) is 0 Å². The number of aromatic amines is 1. The molecule has 1 saturated carbocycles. The summed E-state index contributed by atoms with van der Waals surface area (Å²) in [4.78, 5) is 51.8. The minimum absolute atomic E-state index is 0.168. The number of rotatable bonds is 5. The number of H-pyrrole nitrogens is 1. The number of fused-ring (bicyclic) bond motifs is 1. The molecule has 3 aromatic rings. The van der Waals surface area contributed by atoms with Crippen molar-refractivity contribution in [1.82, 2.24) is 14.9 Å². The predicted octanol–water partition coefficient (Wildman–Crippen LogP) is 1.85. The average Bonchev–Trinajstić information content (AvgIpc) is 3.52. The highest BCUT2D eigenvalue weighted by Crippen LogP contribution is 2.20. The summed E-state index contributed by atoms with van der Waals surface area (Å²) in [6.45, 7) is 1.97. The van der Waals surface area contributed by atoms with Crippen LogP contribution >= 0.6 is 0 Å². The molecule has 1 aromatic heterocycles. The lowest BCUT2D eigenvalue weighted by Gasteiger charge is -2.09. The van der Waals surface area contributed by atoms with E-state index in [1.165, 1.54) is 18.2 Å². The lowest BCUT2D eigenvalue weighted by molar-refractivity contribution is 0.0949. The molecule has 8 heteroatoms. The van der Waals surface area contributed by atoms with E-state index in [9.17, 15) is 19.2 Å². The van der Waals surface area contributed by atoms with Gasteiger partial charge in [0, 0.05) is 29.4 Å². The summed E-state index contributed by atoms with van der Waals surface area (Å²) in [5.41, 5.74) is 0.625. The molecular formula is C21H20N4O4. The first-order valence-corrected chi connectivity index (χ1v) is 9.45. The zero-order chi connectivity index (χ0) is 20.5. The van der Waals surface area contributed by atoms with E-state index in [4.69, 9.17) is 0 Å². The summed E-state index contributed by atoms with van der Waals surface area (Å²) in [5.74, 6) is -0.578.